The summed E-state index contributed by atoms with van der Waals surface area (Å²) in [6.45, 7) is 3.66. The normalized spacial score (nSPS) is 17.8. The number of carboxylic acid groups (broad SMARTS) is 1. The maximum Gasteiger partial charge on any atom is 0.407 e. The van der Waals surface area contributed by atoms with Crippen LogP contribution in [0.1, 0.15) is 31.2 Å². The van der Waals surface area contributed by atoms with E-state index in [0.717, 1.165) is 29.5 Å². The number of likely N-dealkylation sites (tertiary alicyclic amines) is 1. The first-order valence-electron chi connectivity index (χ1n) is 7.38. The Hall–Kier alpha value is -2.08. The first-order chi connectivity index (χ1) is 10.5. The van der Waals surface area contributed by atoms with E-state index in [4.69, 9.17) is 14.3 Å². The Morgan fingerprint density at radius 2 is 2.18 bits per heavy atom. The summed E-state index contributed by atoms with van der Waals surface area (Å²) in [5.74, 6) is 0.696. The lowest BCUT2D eigenvalue weighted by molar-refractivity contribution is 0.113. The molecule has 3 rings (SSSR count). The number of benzene rings is 1. The Kier molecular flexibility index (Phi) is 3.78. The average Bonchev–Trinajstić information content (AvgIpc) is 2.92. The zero-order valence-electron chi connectivity index (χ0n) is 12.8. The lowest BCUT2D eigenvalue weighted by atomic mass is 9.80. The summed E-state index contributed by atoms with van der Waals surface area (Å²) in [5.41, 5.74) is 2.43. The monoisotopic (exact) mass is 304 g/mol. The van der Waals surface area contributed by atoms with Gasteiger partial charge in [0.15, 0.2) is 5.58 Å². The maximum atomic E-state index is 11.0. The van der Waals surface area contributed by atoms with E-state index >= 15 is 0 Å². The van der Waals surface area contributed by atoms with Crippen LogP contribution in [0.5, 0.6) is 0 Å². The Labute approximate surface area is 128 Å². The molecule has 22 heavy (non-hydrogen) atoms. The number of ether oxygens (including phenoxy) is 1. The average molecular weight is 304 g/mol. The predicted octanol–water partition coefficient (Wildman–Crippen LogP) is 3.01. The molecule has 1 saturated heterocycles. The molecule has 0 aliphatic carbocycles. The smallest absolute Gasteiger partial charge is 0.407 e. The number of carbonyl (C=O) groups is 1. The van der Waals surface area contributed by atoms with Crippen LogP contribution in [0.25, 0.3) is 11.1 Å². The van der Waals surface area contributed by atoms with Gasteiger partial charge in [0.25, 0.3) is 0 Å². The first kappa shape index (κ1) is 14.8. The summed E-state index contributed by atoms with van der Waals surface area (Å²) in [6, 6.07) is 5.85. The summed E-state index contributed by atoms with van der Waals surface area (Å²) in [7, 11) is 1.66. The second kappa shape index (κ2) is 5.61. The van der Waals surface area contributed by atoms with Crippen molar-refractivity contribution in [3.8, 4) is 0 Å². The van der Waals surface area contributed by atoms with Crippen LogP contribution >= 0.6 is 0 Å². The molecule has 0 bridgehead atoms. The van der Waals surface area contributed by atoms with E-state index < -0.39 is 6.09 Å². The van der Waals surface area contributed by atoms with Gasteiger partial charge in [-0.2, -0.15) is 0 Å². The van der Waals surface area contributed by atoms with Gasteiger partial charge < -0.3 is 19.2 Å². The number of oxazole rings is 1. The van der Waals surface area contributed by atoms with Gasteiger partial charge >= 0.3 is 6.09 Å². The van der Waals surface area contributed by atoms with Crippen LogP contribution in [-0.4, -0.2) is 41.3 Å². The molecular formula is C16H20N2O4. The quantitative estimate of drug-likeness (QED) is 0.943. The van der Waals surface area contributed by atoms with Gasteiger partial charge in [-0.15, -0.1) is 0 Å². The van der Waals surface area contributed by atoms with Crippen molar-refractivity contribution in [2.75, 3.05) is 20.2 Å². The highest BCUT2D eigenvalue weighted by Crippen LogP contribution is 2.36. The van der Waals surface area contributed by atoms with E-state index in [1.165, 1.54) is 4.90 Å². The molecule has 0 saturated carbocycles. The number of amides is 1. The molecule has 1 aromatic carbocycles. The zero-order chi connectivity index (χ0) is 15.7. The first-order valence-corrected chi connectivity index (χ1v) is 7.38. The highest BCUT2D eigenvalue weighted by molar-refractivity contribution is 5.73. The molecule has 1 aromatic heterocycles. The lowest BCUT2D eigenvalue weighted by Gasteiger charge is -2.35. The van der Waals surface area contributed by atoms with Crippen molar-refractivity contribution in [2.24, 2.45) is 0 Å². The fraction of sp³-hybridized carbons (Fsp3) is 0.500. The standard InChI is InChI=1S/C16H20N2O4/c1-16(5-7-18(8-6-16)15(19)20)14-17-12-9-11(10-21-2)3-4-13(12)22-14/h3-4,9H,5-8,10H2,1-2H3,(H,19,20). The van der Waals surface area contributed by atoms with E-state index in [9.17, 15) is 4.79 Å². The maximum absolute atomic E-state index is 11.0. The predicted molar refractivity (Wildman–Crippen MR) is 80.9 cm³/mol. The summed E-state index contributed by atoms with van der Waals surface area (Å²) < 4.78 is 11.1. The van der Waals surface area contributed by atoms with Gasteiger partial charge in [-0.25, -0.2) is 9.78 Å². The third-order valence-electron chi connectivity index (χ3n) is 4.42. The third kappa shape index (κ3) is 2.66. The number of hydrogen-bond donors (Lipinski definition) is 1. The van der Waals surface area contributed by atoms with Crippen molar-refractivity contribution in [1.82, 2.24) is 9.88 Å². The minimum absolute atomic E-state index is 0.216. The molecular weight excluding hydrogens is 284 g/mol. The molecule has 1 aliphatic heterocycles. The molecule has 2 aromatic rings. The molecule has 1 aliphatic rings. The van der Waals surface area contributed by atoms with Gasteiger partial charge in [-0.05, 0) is 30.5 Å². The molecule has 0 atom stereocenters. The van der Waals surface area contributed by atoms with E-state index in [1.54, 1.807) is 7.11 Å². The highest BCUT2D eigenvalue weighted by atomic mass is 16.5. The fourth-order valence-electron chi connectivity index (χ4n) is 2.89. The van der Waals surface area contributed by atoms with Crippen molar-refractivity contribution in [2.45, 2.75) is 31.8 Å². The number of aromatic nitrogens is 1. The molecule has 6 heteroatoms. The zero-order valence-corrected chi connectivity index (χ0v) is 12.8. The molecule has 0 radical (unpaired) electrons. The largest absolute Gasteiger partial charge is 0.465 e. The topological polar surface area (TPSA) is 75.8 Å². The number of methoxy groups -OCH3 is 1. The Morgan fingerprint density at radius 1 is 1.45 bits per heavy atom. The van der Waals surface area contributed by atoms with E-state index in [1.807, 2.05) is 18.2 Å². The molecule has 1 amide bonds. The molecule has 118 valence electrons. The summed E-state index contributed by atoms with van der Waals surface area (Å²) >= 11 is 0. The van der Waals surface area contributed by atoms with Gasteiger partial charge in [-0.3, -0.25) is 0 Å². The van der Waals surface area contributed by atoms with E-state index in [-0.39, 0.29) is 5.41 Å². The Morgan fingerprint density at radius 3 is 2.82 bits per heavy atom. The number of piperidine rings is 1. The highest BCUT2D eigenvalue weighted by Gasteiger charge is 2.37. The lowest BCUT2D eigenvalue weighted by Crippen LogP contribution is -2.43. The Bertz CT molecular complexity index is 687. The fourth-order valence-corrected chi connectivity index (χ4v) is 2.89. The van der Waals surface area contributed by atoms with Crippen LogP contribution in [0.3, 0.4) is 0 Å². The van der Waals surface area contributed by atoms with Gasteiger partial charge in [0.2, 0.25) is 5.89 Å². The minimum atomic E-state index is -0.858. The van der Waals surface area contributed by atoms with Crippen LogP contribution < -0.4 is 0 Å². The number of nitrogens with zero attached hydrogens (tertiary/aromatic N) is 2. The van der Waals surface area contributed by atoms with E-state index in [2.05, 4.69) is 11.9 Å². The third-order valence-corrected chi connectivity index (χ3v) is 4.42. The molecule has 6 nitrogen and oxygen atoms in total. The van der Waals surface area contributed by atoms with Crippen LogP contribution in [-0.2, 0) is 16.8 Å². The molecule has 1 fully saturated rings. The number of fused-ring (bicyclic) bond motifs is 1. The summed E-state index contributed by atoms with van der Waals surface area (Å²) in [4.78, 5) is 17.1. The number of hydrogen-bond acceptors (Lipinski definition) is 4. The SMILES string of the molecule is COCc1ccc2oc(C3(C)CCN(C(=O)O)CC3)nc2c1. The van der Waals surface area contributed by atoms with Gasteiger partial charge in [0.1, 0.15) is 5.52 Å². The van der Waals surface area contributed by atoms with Gasteiger partial charge in [0.05, 0.1) is 6.61 Å². The van der Waals surface area contributed by atoms with Crippen molar-refractivity contribution < 1.29 is 19.1 Å². The van der Waals surface area contributed by atoms with Crippen molar-refractivity contribution in [3.63, 3.8) is 0 Å². The summed E-state index contributed by atoms with van der Waals surface area (Å²) in [6.07, 6.45) is 0.581. The van der Waals surface area contributed by atoms with Crippen molar-refractivity contribution in [1.29, 1.82) is 0 Å². The molecule has 0 unspecified atom stereocenters. The van der Waals surface area contributed by atoms with Crippen LogP contribution in [0.15, 0.2) is 22.6 Å². The second-order valence-electron chi connectivity index (χ2n) is 6.08. The Balaban J connectivity index is 1.85. The van der Waals surface area contributed by atoms with Crippen LogP contribution in [0.4, 0.5) is 4.79 Å². The minimum Gasteiger partial charge on any atom is -0.465 e. The molecule has 2 heterocycles. The second-order valence-corrected chi connectivity index (χ2v) is 6.08. The van der Waals surface area contributed by atoms with Crippen LogP contribution in [0, 0.1) is 0 Å². The number of rotatable bonds is 3. The van der Waals surface area contributed by atoms with Crippen molar-refractivity contribution >= 4 is 17.2 Å². The van der Waals surface area contributed by atoms with Gasteiger partial charge in [0, 0.05) is 25.6 Å². The van der Waals surface area contributed by atoms with E-state index in [0.29, 0.717) is 25.6 Å². The summed E-state index contributed by atoms with van der Waals surface area (Å²) in [5, 5.41) is 9.05. The molecule has 1 N–H and O–H groups in total. The van der Waals surface area contributed by atoms with Crippen molar-refractivity contribution in [3.05, 3.63) is 29.7 Å². The van der Waals surface area contributed by atoms with Crippen LogP contribution in [0.2, 0.25) is 0 Å². The van der Waals surface area contributed by atoms with Gasteiger partial charge in [-0.1, -0.05) is 13.0 Å². The molecule has 0 spiro atoms.